The number of aryl methyl sites for hydroxylation is 3. The minimum atomic E-state index is -1.26. The molecule has 0 unspecified atom stereocenters. The SMILES string of the molecule is COC(=O)CCc1cccc2c3c(n(C)c12)CCN(Cc1nc[nH]c1C)C3=O.O=C(O)/C=C\C(=O)O. The molecule has 3 heterocycles. The number of rotatable bonds is 7. The van der Waals surface area contributed by atoms with Gasteiger partial charge in [0, 0.05) is 55.4 Å². The van der Waals surface area contributed by atoms with Gasteiger partial charge in [0.2, 0.25) is 0 Å². The van der Waals surface area contributed by atoms with Crippen LogP contribution in [0.4, 0.5) is 0 Å². The molecular weight excluding hydrogens is 468 g/mol. The summed E-state index contributed by atoms with van der Waals surface area (Å²) in [5.74, 6) is -2.70. The molecule has 4 rings (SSSR count). The number of nitrogens with zero attached hydrogens (tertiary/aromatic N) is 3. The maximum Gasteiger partial charge on any atom is 0.328 e. The number of ether oxygens (including phenoxy) is 1. The van der Waals surface area contributed by atoms with Crippen LogP contribution < -0.4 is 0 Å². The van der Waals surface area contributed by atoms with Crippen molar-refractivity contribution in [3.05, 3.63) is 64.9 Å². The largest absolute Gasteiger partial charge is 0.478 e. The third-order valence-electron chi connectivity index (χ3n) is 6.01. The topological polar surface area (TPSA) is 155 Å². The van der Waals surface area contributed by atoms with E-state index in [0.29, 0.717) is 38.1 Å². The average molecular weight is 497 g/mol. The van der Waals surface area contributed by atoms with E-state index in [2.05, 4.69) is 14.5 Å². The summed E-state index contributed by atoms with van der Waals surface area (Å²) in [4.78, 5) is 53.3. The monoisotopic (exact) mass is 496 g/mol. The number of aromatic amines is 1. The van der Waals surface area contributed by atoms with Crippen LogP contribution in [-0.4, -0.2) is 67.1 Å². The van der Waals surface area contributed by atoms with Gasteiger partial charge >= 0.3 is 17.9 Å². The number of amides is 1. The Kier molecular flexibility index (Phi) is 8.26. The first-order valence-electron chi connectivity index (χ1n) is 11.2. The quantitative estimate of drug-likeness (QED) is 0.332. The highest BCUT2D eigenvalue weighted by Gasteiger charge is 2.31. The van der Waals surface area contributed by atoms with Gasteiger partial charge < -0.3 is 29.4 Å². The van der Waals surface area contributed by atoms with Crippen LogP contribution in [0.25, 0.3) is 10.9 Å². The fourth-order valence-corrected chi connectivity index (χ4v) is 4.24. The van der Waals surface area contributed by atoms with Crippen molar-refractivity contribution < 1.29 is 34.1 Å². The summed E-state index contributed by atoms with van der Waals surface area (Å²) in [5, 5.41) is 16.6. The number of hydrogen-bond acceptors (Lipinski definition) is 6. The van der Waals surface area contributed by atoms with Crippen LogP contribution in [-0.2, 0) is 45.6 Å². The minimum absolute atomic E-state index is 0.0411. The van der Waals surface area contributed by atoms with E-state index in [1.54, 1.807) is 6.33 Å². The van der Waals surface area contributed by atoms with Crippen LogP contribution in [0, 0.1) is 6.92 Å². The number of para-hydroxylation sites is 1. The summed E-state index contributed by atoms with van der Waals surface area (Å²) in [6.07, 6.45) is 4.49. The van der Waals surface area contributed by atoms with Crippen molar-refractivity contribution in [2.75, 3.05) is 13.7 Å². The predicted molar refractivity (Wildman–Crippen MR) is 129 cm³/mol. The summed E-state index contributed by atoms with van der Waals surface area (Å²) < 4.78 is 6.89. The Morgan fingerprint density at radius 1 is 1.19 bits per heavy atom. The number of nitrogens with one attached hydrogen (secondary N) is 1. The molecule has 1 aliphatic heterocycles. The van der Waals surface area contributed by atoms with Crippen LogP contribution in [0.1, 0.15) is 39.4 Å². The van der Waals surface area contributed by atoms with E-state index in [4.69, 9.17) is 14.9 Å². The number of fused-ring (bicyclic) bond motifs is 3. The molecule has 1 aliphatic rings. The van der Waals surface area contributed by atoms with E-state index in [0.717, 1.165) is 45.5 Å². The third kappa shape index (κ3) is 5.80. The average Bonchev–Trinajstić information content (AvgIpc) is 3.39. The van der Waals surface area contributed by atoms with Gasteiger partial charge in [0.1, 0.15) is 0 Å². The summed E-state index contributed by atoms with van der Waals surface area (Å²) in [6.45, 7) is 3.14. The van der Waals surface area contributed by atoms with Gasteiger partial charge in [-0.25, -0.2) is 14.6 Å². The van der Waals surface area contributed by atoms with Crippen LogP contribution in [0.2, 0.25) is 0 Å². The van der Waals surface area contributed by atoms with Crippen molar-refractivity contribution in [2.24, 2.45) is 7.05 Å². The summed E-state index contributed by atoms with van der Waals surface area (Å²) in [6, 6.07) is 5.97. The van der Waals surface area contributed by atoms with Crippen LogP contribution in [0.5, 0.6) is 0 Å². The second-order valence-corrected chi connectivity index (χ2v) is 8.23. The van der Waals surface area contributed by atoms with Gasteiger partial charge in [-0.3, -0.25) is 9.59 Å². The van der Waals surface area contributed by atoms with Crippen LogP contribution in [0.3, 0.4) is 0 Å². The number of carbonyl (C=O) groups excluding carboxylic acids is 2. The zero-order valence-electron chi connectivity index (χ0n) is 20.3. The maximum absolute atomic E-state index is 13.3. The molecule has 1 amide bonds. The number of H-pyrrole nitrogens is 1. The van der Waals surface area contributed by atoms with Gasteiger partial charge in [0.25, 0.3) is 5.91 Å². The molecule has 11 nitrogen and oxygen atoms in total. The molecule has 0 aliphatic carbocycles. The highest BCUT2D eigenvalue weighted by Crippen LogP contribution is 2.33. The van der Waals surface area contributed by atoms with Crippen molar-refractivity contribution >= 4 is 34.7 Å². The van der Waals surface area contributed by atoms with E-state index in [1.807, 2.05) is 37.1 Å². The lowest BCUT2D eigenvalue weighted by molar-refractivity contribution is -0.140. The first-order valence-corrected chi connectivity index (χ1v) is 11.2. The standard InChI is InChI=1S/C21H24N4O3.C4H4O4/c1-13-16(23-12-22-13)11-25-10-9-17-19(21(25)27)15-6-4-5-14(20(15)24(17)2)7-8-18(26)28-3;5-3(6)1-2-4(7)8/h4-6,12H,7-11H2,1-3H3,(H,22,23);1-2H,(H,5,6)(H,7,8)/b;2-1-. The molecule has 0 bridgehead atoms. The van der Waals surface area contributed by atoms with Crippen LogP contribution >= 0.6 is 0 Å². The van der Waals surface area contributed by atoms with E-state index in [9.17, 15) is 19.2 Å². The van der Waals surface area contributed by atoms with Crippen LogP contribution in [0.15, 0.2) is 36.7 Å². The van der Waals surface area contributed by atoms with Crippen molar-refractivity contribution in [1.82, 2.24) is 19.4 Å². The number of methoxy groups -OCH3 is 1. The predicted octanol–water partition coefficient (Wildman–Crippen LogP) is 2.23. The van der Waals surface area contributed by atoms with Gasteiger partial charge in [-0.1, -0.05) is 18.2 Å². The minimum Gasteiger partial charge on any atom is -0.478 e. The van der Waals surface area contributed by atoms with E-state index >= 15 is 0 Å². The molecule has 11 heteroatoms. The van der Waals surface area contributed by atoms with Crippen molar-refractivity contribution in [3.63, 3.8) is 0 Å². The lowest BCUT2D eigenvalue weighted by Gasteiger charge is -2.27. The summed E-state index contributed by atoms with van der Waals surface area (Å²) in [7, 11) is 3.40. The van der Waals surface area contributed by atoms with E-state index in [-0.39, 0.29) is 11.9 Å². The van der Waals surface area contributed by atoms with Crippen molar-refractivity contribution in [3.8, 4) is 0 Å². The fraction of sp³-hybridized carbons (Fsp3) is 0.320. The van der Waals surface area contributed by atoms with Gasteiger partial charge in [0.15, 0.2) is 0 Å². The van der Waals surface area contributed by atoms with E-state index in [1.165, 1.54) is 7.11 Å². The molecule has 190 valence electrons. The molecule has 0 fully saturated rings. The molecule has 0 saturated heterocycles. The number of imidazole rings is 1. The second-order valence-electron chi connectivity index (χ2n) is 8.23. The number of benzene rings is 1. The van der Waals surface area contributed by atoms with Gasteiger partial charge in [-0.2, -0.15) is 0 Å². The molecule has 3 aromatic rings. The molecular formula is C25H28N4O7. The van der Waals surface area contributed by atoms with Crippen molar-refractivity contribution in [1.29, 1.82) is 0 Å². The fourth-order valence-electron chi connectivity index (χ4n) is 4.24. The zero-order chi connectivity index (χ0) is 26.4. The number of aromatic nitrogens is 3. The Morgan fingerprint density at radius 2 is 1.89 bits per heavy atom. The first-order chi connectivity index (χ1) is 17.1. The highest BCUT2D eigenvalue weighted by molar-refractivity contribution is 6.09. The smallest absolute Gasteiger partial charge is 0.328 e. The lowest BCUT2D eigenvalue weighted by atomic mass is 10.0. The number of carboxylic acid groups (broad SMARTS) is 2. The van der Waals surface area contributed by atoms with E-state index < -0.39 is 11.9 Å². The molecule has 0 atom stereocenters. The first kappa shape index (κ1) is 26.2. The Morgan fingerprint density at radius 3 is 2.47 bits per heavy atom. The molecule has 0 saturated carbocycles. The summed E-state index contributed by atoms with van der Waals surface area (Å²) in [5.41, 5.74) is 5.81. The Labute approximate surface area is 207 Å². The Bertz CT molecular complexity index is 1320. The highest BCUT2D eigenvalue weighted by atomic mass is 16.5. The van der Waals surface area contributed by atoms with Gasteiger partial charge in [-0.05, 0) is 18.9 Å². The Balaban J connectivity index is 0.000000392. The third-order valence-corrected chi connectivity index (χ3v) is 6.01. The number of hydrogen-bond donors (Lipinski definition) is 3. The summed E-state index contributed by atoms with van der Waals surface area (Å²) >= 11 is 0. The number of esters is 1. The number of aliphatic carboxylic acids is 2. The van der Waals surface area contributed by atoms with Gasteiger partial charge in [-0.15, -0.1) is 0 Å². The molecule has 0 spiro atoms. The maximum atomic E-state index is 13.3. The molecule has 3 N–H and O–H groups in total. The second kappa shape index (κ2) is 11.3. The molecule has 1 aromatic carbocycles. The molecule has 0 radical (unpaired) electrons. The molecule has 36 heavy (non-hydrogen) atoms. The Hall–Kier alpha value is -4.41. The zero-order valence-corrected chi connectivity index (χ0v) is 20.3. The molecule has 2 aromatic heterocycles. The van der Waals surface area contributed by atoms with Gasteiger partial charge in [0.05, 0.1) is 36.8 Å². The number of carboxylic acids is 2. The number of carbonyl (C=O) groups is 4. The van der Waals surface area contributed by atoms with Crippen molar-refractivity contribution in [2.45, 2.75) is 32.7 Å². The normalized spacial score (nSPS) is 12.9. The lowest BCUT2D eigenvalue weighted by Crippen LogP contribution is -2.37.